The zero-order valence-electron chi connectivity index (χ0n) is 16.6. The Labute approximate surface area is 162 Å². The van der Waals surface area contributed by atoms with E-state index in [1.807, 2.05) is 45.4 Å². The second-order valence-electron chi connectivity index (χ2n) is 7.52. The number of amides is 1. The second-order valence-corrected chi connectivity index (χ2v) is 7.52. The fraction of sp³-hybridized carbons (Fsp3) is 0.435. The smallest absolute Gasteiger partial charge is 0.253 e. The molecule has 1 aliphatic rings. The normalized spacial score (nSPS) is 16.8. The minimum Gasteiger partial charge on any atom is -0.378 e. The quantitative estimate of drug-likeness (QED) is 0.757. The van der Waals surface area contributed by atoms with Crippen molar-refractivity contribution < 1.29 is 9.53 Å². The van der Waals surface area contributed by atoms with Crippen molar-refractivity contribution in [3.8, 4) is 11.1 Å². The van der Waals surface area contributed by atoms with E-state index in [-0.39, 0.29) is 5.91 Å². The van der Waals surface area contributed by atoms with Crippen molar-refractivity contribution in [3.63, 3.8) is 0 Å². The van der Waals surface area contributed by atoms with E-state index < -0.39 is 0 Å². The van der Waals surface area contributed by atoms with Gasteiger partial charge in [-0.05, 0) is 61.1 Å². The molecule has 2 aromatic rings. The van der Waals surface area contributed by atoms with Gasteiger partial charge in [0.25, 0.3) is 5.91 Å². The van der Waals surface area contributed by atoms with Gasteiger partial charge in [0.2, 0.25) is 0 Å². The standard InChI is InChI=1S/C23H30N2O2/c1-24(2)21-13-11-19(12-14-21)18-7-9-20(10-8-18)23(26)25(3)16-15-22-6-4-5-17-27-22/h7-14,22H,4-6,15-17H2,1-3H3. The lowest BCUT2D eigenvalue weighted by atomic mass is 10.0. The molecule has 0 saturated carbocycles. The predicted octanol–water partition coefficient (Wildman–Crippen LogP) is 4.45. The van der Waals surface area contributed by atoms with Crippen LogP contribution in [0.1, 0.15) is 36.0 Å². The van der Waals surface area contributed by atoms with Gasteiger partial charge in [-0.1, -0.05) is 24.3 Å². The van der Waals surface area contributed by atoms with Crippen molar-refractivity contribution in [2.75, 3.05) is 39.2 Å². The number of nitrogens with zero attached hydrogens (tertiary/aromatic N) is 2. The van der Waals surface area contributed by atoms with Crippen molar-refractivity contribution in [1.82, 2.24) is 4.90 Å². The summed E-state index contributed by atoms with van der Waals surface area (Å²) >= 11 is 0. The average Bonchev–Trinajstić information content (AvgIpc) is 2.72. The van der Waals surface area contributed by atoms with Crippen LogP contribution < -0.4 is 4.90 Å². The molecule has 0 N–H and O–H groups in total. The Balaban J connectivity index is 1.59. The molecule has 0 spiro atoms. The monoisotopic (exact) mass is 366 g/mol. The Morgan fingerprint density at radius 3 is 2.15 bits per heavy atom. The van der Waals surface area contributed by atoms with E-state index in [2.05, 4.69) is 29.2 Å². The fourth-order valence-corrected chi connectivity index (χ4v) is 3.45. The third kappa shape index (κ3) is 5.10. The Morgan fingerprint density at radius 2 is 1.59 bits per heavy atom. The minimum atomic E-state index is 0.0697. The van der Waals surface area contributed by atoms with Gasteiger partial charge in [-0.2, -0.15) is 0 Å². The number of hydrogen-bond acceptors (Lipinski definition) is 3. The van der Waals surface area contributed by atoms with Gasteiger partial charge in [-0.25, -0.2) is 0 Å². The molecule has 1 atom stereocenters. The van der Waals surface area contributed by atoms with Crippen molar-refractivity contribution in [1.29, 1.82) is 0 Å². The molecular weight excluding hydrogens is 336 g/mol. The molecule has 27 heavy (non-hydrogen) atoms. The molecule has 1 unspecified atom stereocenters. The van der Waals surface area contributed by atoms with Gasteiger partial charge in [0.1, 0.15) is 0 Å². The van der Waals surface area contributed by atoms with Gasteiger partial charge >= 0.3 is 0 Å². The van der Waals surface area contributed by atoms with Crippen LogP contribution in [0.15, 0.2) is 48.5 Å². The minimum absolute atomic E-state index is 0.0697. The topological polar surface area (TPSA) is 32.8 Å². The van der Waals surface area contributed by atoms with Crippen molar-refractivity contribution >= 4 is 11.6 Å². The highest BCUT2D eigenvalue weighted by molar-refractivity contribution is 5.94. The molecule has 0 radical (unpaired) electrons. The van der Waals surface area contributed by atoms with Crippen LogP contribution in [-0.2, 0) is 4.74 Å². The molecule has 0 aromatic heterocycles. The zero-order valence-corrected chi connectivity index (χ0v) is 16.6. The van der Waals surface area contributed by atoms with Crippen LogP contribution in [0.2, 0.25) is 0 Å². The summed E-state index contributed by atoms with van der Waals surface area (Å²) in [5.74, 6) is 0.0697. The van der Waals surface area contributed by atoms with Gasteiger partial charge in [0, 0.05) is 45.5 Å². The number of hydrogen-bond donors (Lipinski definition) is 0. The SMILES string of the molecule is CN(CCC1CCCCO1)C(=O)c1ccc(-c2ccc(N(C)C)cc2)cc1. The van der Waals surface area contributed by atoms with E-state index in [0.29, 0.717) is 6.10 Å². The molecule has 0 aliphatic carbocycles. The van der Waals surface area contributed by atoms with Crippen molar-refractivity contribution in [2.45, 2.75) is 31.8 Å². The summed E-state index contributed by atoms with van der Waals surface area (Å²) in [5.41, 5.74) is 4.18. The summed E-state index contributed by atoms with van der Waals surface area (Å²) in [6.45, 7) is 1.59. The first kappa shape index (κ1) is 19.4. The molecule has 1 amide bonds. The Kier molecular flexibility index (Phi) is 6.51. The van der Waals surface area contributed by atoms with Crippen LogP contribution >= 0.6 is 0 Å². The number of rotatable bonds is 6. The number of carbonyl (C=O) groups is 1. The van der Waals surface area contributed by atoms with E-state index in [4.69, 9.17) is 4.74 Å². The van der Waals surface area contributed by atoms with E-state index in [0.717, 1.165) is 49.1 Å². The van der Waals surface area contributed by atoms with E-state index in [1.54, 1.807) is 4.90 Å². The Hall–Kier alpha value is -2.33. The van der Waals surface area contributed by atoms with Crippen LogP contribution in [0.5, 0.6) is 0 Å². The van der Waals surface area contributed by atoms with Crippen LogP contribution in [0.25, 0.3) is 11.1 Å². The maximum atomic E-state index is 12.7. The van der Waals surface area contributed by atoms with Gasteiger partial charge < -0.3 is 14.5 Å². The van der Waals surface area contributed by atoms with Crippen LogP contribution in [-0.4, -0.2) is 51.2 Å². The largest absolute Gasteiger partial charge is 0.378 e. The highest BCUT2D eigenvalue weighted by Crippen LogP contribution is 2.23. The lowest BCUT2D eigenvalue weighted by Crippen LogP contribution is -2.31. The molecule has 1 heterocycles. The molecule has 1 fully saturated rings. The molecule has 1 saturated heterocycles. The average molecular weight is 367 g/mol. The van der Waals surface area contributed by atoms with Gasteiger partial charge in [-0.15, -0.1) is 0 Å². The highest BCUT2D eigenvalue weighted by atomic mass is 16.5. The number of anilines is 1. The summed E-state index contributed by atoms with van der Waals surface area (Å²) in [6.07, 6.45) is 4.73. The van der Waals surface area contributed by atoms with Crippen LogP contribution in [0.3, 0.4) is 0 Å². The summed E-state index contributed by atoms with van der Waals surface area (Å²) in [6, 6.07) is 16.3. The number of ether oxygens (including phenoxy) is 1. The third-order valence-corrected chi connectivity index (χ3v) is 5.26. The number of benzene rings is 2. The summed E-state index contributed by atoms with van der Waals surface area (Å²) in [7, 11) is 5.94. The molecule has 3 rings (SSSR count). The van der Waals surface area contributed by atoms with E-state index >= 15 is 0 Å². The molecule has 2 aromatic carbocycles. The van der Waals surface area contributed by atoms with Gasteiger partial charge in [0.05, 0.1) is 6.10 Å². The van der Waals surface area contributed by atoms with Crippen molar-refractivity contribution in [3.05, 3.63) is 54.1 Å². The maximum absolute atomic E-state index is 12.7. The first-order valence-corrected chi connectivity index (χ1v) is 9.79. The van der Waals surface area contributed by atoms with Gasteiger partial charge in [0.15, 0.2) is 0 Å². The lowest BCUT2D eigenvalue weighted by Gasteiger charge is -2.25. The highest BCUT2D eigenvalue weighted by Gasteiger charge is 2.17. The van der Waals surface area contributed by atoms with Crippen LogP contribution in [0, 0.1) is 0 Å². The van der Waals surface area contributed by atoms with E-state index in [9.17, 15) is 4.79 Å². The molecule has 4 nitrogen and oxygen atoms in total. The lowest BCUT2D eigenvalue weighted by molar-refractivity contribution is 0.00709. The Bertz CT molecular complexity index is 732. The van der Waals surface area contributed by atoms with Gasteiger partial charge in [-0.3, -0.25) is 4.79 Å². The number of carbonyl (C=O) groups excluding carboxylic acids is 1. The molecular formula is C23H30N2O2. The molecule has 0 bridgehead atoms. The molecule has 4 heteroatoms. The zero-order chi connectivity index (χ0) is 19.2. The second kappa shape index (κ2) is 9.05. The summed E-state index contributed by atoms with van der Waals surface area (Å²) in [4.78, 5) is 16.6. The predicted molar refractivity (Wildman–Crippen MR) is 111 cm³/mol. The van der Waals surface area contributed by atoms with E-state index in [1.165, 1.54) is 12.1 Å². The first-order chi connectivity index (χ1) is 13.0. The molecule has 144 valence electrons. The third-order valence-electron chi connectivity index (χ3n) is 5.26. The van der Waals surface area contributed by atoms with Crippen molar-refractivity contribution in [2.24, 2.45) is 0 Å². The fourth-order valence-electron chi connectivity index (χ4n) is 3.45. The summed E-state index contributed by atoms with van der Waals surface area (Å²) in [5, 5.41) is 0. The summed E-state index contributed by atoms with van der Waals surface area (Å²) < 4.78 is 5.76. The van der Waals surface area contributed by atoms with Crippen LogP contribution in [0.4, 0.5) is 5.69 Å². The Morgan fingerprint density at radius 1 is 0.963 bits per heavy atom. The maximum Gasteiger partial charge on any atom is 0.253 e. The molecule has 1 aliphatic heterocycles. The first-order valence-electron chi connectivity index (χ1n) is 9.79.